The van der Waals surface area contributed by atoms with E-state index >= 15 is 0 Å². The Kier molecular flexibility index (Phi) is 3.65. The maximum absolute atomic E-state index is 9.79. The summed E-state index contributed by atoms with van der Waals surface area (Å²) in [4.78, 5) is 2.50. The van der Waals surface area contributed by atoms with Crippen molar-refractivity contribution < 1.29 is 5.11 Å². The lowest BCUT2D eigenvalue weighted by Gasteiger charge is -2.42. The van der Waals surface area contributed by atoms with E-state index in [2.05, 4.69) is 58.8 Å². The van der Waals surface area contributed by atoms with Crippen LogP contribution in [0.25, 0.3) is 0 Å². The molecule has 2 aliphatic rings. The van der Waals surface area contributed by atoms with Crippen LogP contribution in [0.15, 0.2) is 24.3 Å². The lowest BCUT2D eigenvalue weighted by Crippen LogP contribution is -2.47. The minimum atomic E-state index is 0.318. The van der Waals surface area contributed by atoms with E-state index in [9.17, 15) is 5.11 Å². The molecule has 2 bridgehead atoms. The summed E-state index contributed by atoms with van der Waals surface area (Å²) in [5, 5.41) is 9.79. The van der Waals surface area contributed by atoms with Gasteiger partial charge in [-0.15, -0.1) is 0 Å². The summed E-state index contributed by atoms with van der Waals surface area (Å²) in [6.07, 6.45) is 3.77. The van der Waals surface area contributed by atoms with Gasteiger partial charge in [0.25, 0.3) is 0 Å². The van der Waals surface area contributed by atoms with Crippen LogP contribution in [-0.4, -0.2) is 35.7 Å². The topological polar surface area (TPSA) is 23.5 Å². The SMILES string of the molecule is CN1C2CC[C@@H]1C[C@H](c1ccc(I)cc1)C2CO. The van der Waals surface area contributed by atoms with E-state index in [0.29, 0.717) is 24.5 Å². The Morgan fingerprint density at radius 1 is 1.28 bits per heavy atom. The van der Waals surface area contributed by atoms with Crippen LogP contribution < -0.4 is 0 Å². The van der Waals surface area contributed by atoms with E-state index in [1.807, 2.05) is 0 Å². The van der Waals surface area contributed by atoms with E-state index in [1.54, 1.807) is 0 Å². The molecule has 0 spiro atoms. The van der Waals surface area contributed by atoms with Crippen LogP contribution in [0.5, 0.6) is 0 Å². The monoisotopic (exact) mass is 357 g/mol. The first kappa shape index (κ1) is 12.9. The number of nitrogens with zero attached hydrogens (tertiary/aromatic N) is 1. The third-order valence-electron chi connectivity index (χ3n) is 4.94. The average molecular weight is 357 g/mol. The van der Waals surface area contributed by atoms with Gasteiger partial charge in [0, 0.05) is 28.2 Å². The molecule has 4 atom stereocenters. The van der Waals surface area contributed by atoms with Gasteiger partial charge in [-0.25, -0.2) is 0 Å². The predicted molar refractivity (Wildman–Crippen MR) is 81.7 cm³/mol. The Bertz CT molecular complexity index is 419. The first-order valence-electron chi connectivity index (χ1n) is 6.79. The zero-order chi connectivity index (χ0) is 12.7. The highest BCUT2D eigenvalue weighted by Crippen LogP contribution is 2.45. The van der Waals surface area contributed by atoms with E-state index in [1.165, 1.54) is 28.4 Å². The second-order valence-corrected chi connectivity index (χ2v) is 6.95. The van der Waals surface area contributed by atoms with Gasteiger partial charge in [-0.1, -0.05) is 12.1 Å². The van der Waals surface area contributed by atoms with Gasteiger partial charge in [0.05, 0.1) is 0 Å². The molecule has 1 aromatic carbocycles. The van der Waals surface area contributed by atoms with E-state index in [-0.39, 0.29) is 0 Å². The number of aliphatic hydroxyl groups is 1. The summed E-state index contributed by atoms with van der Waals surface area (Å²) < 4.78 is 1.28. The molecule has 0 saturated carbocycles. The van der Waals surface area contributed by atoms with Gasteiger partial charge in [0.15, 0.2) is 0 Å². The molecule has 0 amide bonds. The number of benzene rings is 1. The van der Waals surface area contributed by atoms with Crippen molar-refractivity contribution in [3.8, 4) is 0 Å². The molecule has 0 aliphatic carbocycles. The zero-order valence-corrected chi connectivity index (χ0v) is 12.9. The van der Waals surface area contributed by atoms with Gasteiger partial charge in [-0.05, 0) is 72.5 Å². The first-order valence-corrected chi connectivity index (χ1v) is 7.87. The van der Waals surface area contributed by atoms with Gasteiger partial charge < -0.3 is 10.0 Å². The standard InChI is InChI=1S/C15H20INO/c1-17-12-6-7-15(17)14(9-18)13(8-12)10-2-4-11(16)5-3-10/h2-5,12-15,18H,6-9H2,1H3/t12-,13-,14?,15?/m1/s1. The first-order chi connectivity index (χ1) is 8.70. The normalized spacial score (nSPS) is 35.9. The van der Waals surface area contributed by atoms with Crippen LogP contribution in [0.3, 0.4) is 0 Å². The van der Waals surface area contributed by atoms with Gasteiger partial charge in [-0.2, -0.15) is 0 Å². The van der Waals surface area contributed by atoms with Crippen molar-refractivity contribution in [3.05, 3.63) is 33.4 Å². The fourth-order valence-corrected chi connectivity index (χ4v) is 4.28. The van der Waals surface area contributed by atoms with Gasteiger partial charge in [-0.3, -0.25) is 0 Å². The highest BCUT2D eigenvalue weighted by Gasteiger charge is 2.45. The summed E-state index contributed by atoms with van der Waals surface area (Å²) in [5.41, 5.74) is 1.42. The van der Waals surface area contributed by atoms with Crippen molar-refractivity contribution in [2.75, 3.05) is 13.7 Å². The molecule has 2 saturated heterocycles. The fraction of sp³-hybridized carbons (Fsp3) is 0.600. The van der Waals surface area contributed by atoms with Crippen molar-refractivity contribution in [3.63, 3.8) is 0 Å². The molecule has 2 nitrogen and oxygen atoms in total. The molecule has 2 fully saturated rings. The van der Waals surface area contributed by atoms with Crippen molar-refractivity contribution in [2.24, 2.45) is 5.92 Å². The molecule has 0 aromatic heterocycles. The smallest absolute Gasteiger partial charge is 0.0480 e. The van der Waals surface area contributed by atoms with Crippen molar-refractivity contribution in [1.29, 1.82) is 0 Å². The molecule has 2 aliphatic heterocycles. The number of rotatable bonds is 2. The molecular weight excluding hydrogens is 337 g/mol. The molecule has 3 rings (SSSR count). The third-order valence-corrected chi connectivity index (χ3v) is 5.66. The molecular formula is C15H20INO. The van der Waals surface area contributed by atoms with Gasteiger partial charge in [0.1, 0.15) is 0 Å². The average Bonchev–Trinajstić information content (AvgIpc) is 2.63. The fourth-order valence-electron chi connectivity index (χ4n) is 3.92. The van der Waals surface area contributed by atoms with Crippen molar-refractivity contribution in [2.45, 2.75) is 37.3 Å². The summed E-state index contributed by atoms with van der Waals surface area (Å²) in [7, 11) is 2.23. The lowest BCUT2D eigenvalue weighted by atomic mass is 9.76. The number of hydrogen-bond acceptors (Lipinski definition) is 2. The van der Waals surface area contributed by atoms with E-state index < -0.39 is 0 Å². The van der Waals surface area contributed by atoms with Crippen molar-refractivity contribution >= 4 is 22.6 Å². The highest BCUT2D eigenvalue weighted by atomic mass is 127. The number of fused-ring (bicyclic) bond motifs is 2. The number of aliphatic hydroxyl groups excluding tert-OH is 1. The molecule has 3 heteroatoms. The maximum Gasteiger partial charge on any atom is 0.0480 e. The number of hydrogen-bond donors (Lipinski definition) is 1. The van der Waals surface area contributed by atoms with Crippen LogP contribution in [0.4, 0.5) is 0 Å². The Hall–Kier alpha value is -0.130. The minimum absolute atomic E-state index is 0.318. The van der Waals surface area contributed by atoms with Crippen molar-refractivity contribution in [1.82, 2.24) is 4.90 Å². The predicted octanol–water partition coefficient (Wildman–Crippen LogP) is 2.85. The molecule has 98 valence electrons. The molecule has 1 aromatic rings. The third kappa shape index (κ3) is 2.10. The zero-order valence-electron chi connectivity index (χ0n) is 10.7. The summed E-state index contributed by atoms with van der Waals surface area (Å²) >= 11 is 2.35. The molecule has 1 N–H and O–H groups in total. The molecule has 2 unspecified atom stereocenters. The van der Waals surface area contributed by atoms with E-state index in [0.717, 1.165) is 6.04 Å². The molecule has 18 heavy (non-hydrogen) atoms. The van der Waals surface area contributed by atoms with Crippen LogP contribution in [0.1, 0.15) is 30.7 Å². The van der Waals surface area contributed by atoms with Crippen LogP contribution in [-0.2, 0) is 0 Å². The Morgan fingerprint density at radius 3 is 2.67 bits per heavy atom. The Morgan fingerprint density at radius 2 is 2.00 bits per heavy atom. The van der Waals surface area contributed by atoms with E-state index in [4.69, 9.17) is 0 Å². The lowest BCUT2D eigenvalue weighted by molar-refractivity contribution is 0.0592. The Balaban J connectivity index is 1.89. The number of halogens is 1. The van der Waals surface area contributed by atoms with Gasteiger partial charge >= 0.3 is 0 Å². The largest absolute Gasteiger partial charge is 0.396 e. The van der Waals surface area contributed by atoms with Crippen LogP contribution in [0, 0.1) is 9.49 Å². The van der Waals surface area contributed by atoms with Crippen LogP contribution in [0.2, 0.25) is 0 Å². The Labute approximate surface area is 123 Å². The number of piperidine rings is 1. The molecule has 2 heterocycles. The summed E-state index contributed by atoms with van der Waals surface area (Å²) in [6, 6.07) is 10.2. The highest BCUT2D eigenvalue weighted by molar-refractivity contribution is 14.1. The minimum Gasteiger partial charge on any atom is -0.396 e. The van der Waals surface area contributed by atoms with Gasteiger partial charge in [0.2, 0.25) is 0 Å². The van der Waals surface area contributed by atoms with Crippen LogP contribution >= 0.6 is 22.6 Å². The second kappa shape index (κ2) is 5.10. The molecule has 0 radical (unpaired) electrons. The summed E-state index contributed by atoms with van der Waals surface area (Å²) in [5.74, 6) is 0.953. The summed E-state index contributed by atoms with van der Waals surface area (Å²) in [6.45, 7) is 0.318. The maximum atomic E-state index is 9.79. The second-order valence-electron chi connectivity index (χ2n) is 5.70. The quantitative estimate of drug-likeness (QED) is 0.823.